The van der Waals surface area contributed by atoms with E-state index in [2.05, 4.69) is 243 Å². The van der Waals surface area contributed by atoms with Gasteiger partial charge in [0.05, 0.1) is 75.3 Å². The van der Waals surface area contributed by atoms with Crippen LogP contribution in [-0.4, -0.2) is 115 Å². The summed E-state index contributed by atoms with van der Waals surface area (Å²) in [6, 6.07) is 52.1. The van der Waals surface area contributed by atoms with Crippen LogP contribution >= 0.6 is 0 Å². The van der Waals surface area contributed by atoms with Crippen LogP contribution in [0.25, 0.3) is 21.5 Å². The minimum absolute atomic E-state index is 0.0474. The van der Waals surface area contributed by atoms with Crippen LogP contribution in [0.5, 0.6) is 0 Å². The zero-order valence-electron chi connectivity index (χ0n) is 56.5. The fourth-order valence-corrected chi connectivity index (χ4v) is 28.0. The zero-order valence-corrected chi connectivity index (χ0v) is 58.5. The van der Waals surface area contributed by atoms with Gasteiger partial charge in [-0.15, -0.1) is 0 Å². The van der Waals surface area contributed by atoms with E-state index in [0.29, 0.717) is 62.3 Å². The number of benzene rings is 6. The SMILES string of the molecule is CO[C@]12C[C@H]3O[C@H]4C[C@@H](O[Si](C(C)C)(C(C)C)C(C)C)[C@](C)(CO[Si](c5ccccc5)(c5ccccc5)C(C)(C)C)O[C@@H]4C[C@H](C)C[C@@H]3O[C@@H]1[C@@H](C)[C@H](OCc1ccc3ccccc3c1)[C@@H]1O[C@]3(C[C@H](OCc4ccc5ccccc5c4)CO3)[C@@H](C)[C@H](C)[C@H]1O2. The minimum Gasteiger partial charge on any atom is -0.410 e. The van der Waals surface area contributed by atoms with Crippen molar-refractivity contribution in [3.05, 3.63) is 157 Å². The Morgan fingerprint density at radius 1 is 0.567 bits per heavy atom. The third-order valence-corrected chi connectivity index (χ3v) is 33.6. The summed E-state index contributed by atoms with van der Waals surface area (Å²) in [5.74, 6) is -2.30. The molecule has 0 aliphatic carbocycles. The molecule has 11 nitrogen and oxygen atoms in total. The van der Waals surface area contributed by atoms with Gasteiger partial charge in [-0.2, -0.15) is 0 Å². The molecule has 1 spiro atoms. The molecule has 0 amide bonds. The van der Waals surface area contributed by atoms with Crippen LogP contribution in [0.4, 0.5) is 0 Å². The van der Waals surface area contributed by atoms with Crippen molar-refractivity contribution in [2.45, 2.75) is 242 Å². The summed E-state index contributed by atoms with van der Waals surface area (Å²) >= 11 is 0. The van der Waals surface area contributed by atoms with Gasteiger partial charge in [-0.05, 0) is 108 Å². The van der Waals surface area contributed by atoms with Gasteiger partial charge >= 0.3 is 0 Å². The average Bonchev–Trinajstić information content (AvgIpc) is 1.49. The van der Waals surface area contributed by atoms with Crippen molar-refractivity contribution in [1.82, 2.24) is 0 Å². The van der Waals surface area contributed by atoms with Crippen molar-refractivity contribution >= 4 is 48.6 Å². The maximum atomic E-state index is 8.09. The Hall–Kier alpha value is -4.17. The molecule has 0 aromatic heterocycles. The van der Waals surface area contributed by atoms with Gasteiger partial charge in [-0.25, -0.2) is 0 Å². The molecular formula is C77H104O11Si2. The van der Waals surface area contributed by atoms with Gasteiger partial charge in [0.25, 0.3) is 8.32 Å². The van der Waals surface area contributed by atoms with Crippen molar-refractivity contribution in [2.24, 2.45) is 23.7 Å². The molecule has 6 heterocycles. The Bertz CT molecular complexity index is 3310. The molecule has 13 heteroatoms. The molecule has 6 aliphatic heterocycles. The van der Waals surface area contributed by atoms with E-state index in [9.17, 15) is 0 Å². The average molecular weight is 1260 g/mol. The predicted molar refractivity (Wildman–Crippen MR) is 363 cm³/mol. The normalized spacial score (nSPS) is 34.2. The Kier molecular flexibility index (Phi) is 19.2. The second kappa shape index (κ2) is 26.2. The summed E-state index contributed by atoms with van der Waals surface area (Å²) in [6.45, 7) is 34.4. The van der Waals surface area contributed by atoms with Crippen LogP contribution in [0.3, 0.4) is 0 Å². The fraction of sp³-hybridized carbons (Fsp3) is 0.584. The first-order valence-electron chi connectivity index (χ1n) is 34.2. The molecule has 0 bridgehead atoms. The highest BCUT2D eigenvalue weighted by Gasteiger charge is 2.67. The highest BCUT2D eigenvalue weighted by molar-refractivity contribution is 6.99. The summed E-state index contributed by atoms with van der Waals surface area (Å²) in [7, 11) is -3.73. The molecule has 6 aromatic rings. The highest BCUT2D eigenvalue weighted by atomic mass is 28.4. The fourth-order valence-electron chi connectivity index (χ4n) is 17.7. The van der Waals surface area contributed by atoms with Gasteiger partial charge in [-0.3, -0.25) is 0 Å². The van der Waals surface area contributed by atoms with Gasteiger partial charge < -0.3 is 51.5 Å². The molecule has 6 aliphatic rings. The van der Waals surface area contributed by atoms with Crippen LogP contribution in [0.1, 0.15) is 140 Å². The summed E-state index contributed by atoms with van der Waals surface area (Å²) in [5.41, 5.74) is 2.46. The van der Waals surface area contributed by atoms with Crippen molar-refractivity contribution in [3.8, 4) is 0 Å². The van der Waals surface area contributed by atoms with E-state index >= 15 is 0 Å². The van der Waals surface area contributed by atoms with E-state index in [0.717, 1.165) is 24.0 Å². The molecule has 6 aromatic carbocycles. The van der Waals surface area contributed by atoms with E-state index in [1.54, 1.807) is 7.11 Å². The first-order valence-corrected chi connectivity index (χ1v) is 38.2. The first kappa shape index (κ1) is 65.9. The number of ether oxygens (including phenoxy) is 9. The van der Waals surface area contributed by atoms with Crippen molar-refractivity contribution < 1.29 is 51.5 Å². The smallest absolute Gasteiger partial charge is 0.261 e. The van der Waals surface area contributed by atoms with Gasteiger partial charge in [0.2, 0.25) is 8.32 Å². The second-order valence-electron chi connectivity index (χ2n) is 30.3. The van der Waals surface area contributed by atoms with E-state index in [1.165, 1.54) is 31.9 Å². The van der Waals surface area contributed by atoms with Crippen LogP contribution < -0.4 is 10.4 Å². The lowest BCUT2D eigenvalue weighted by Gasteiger charge is -2.57. The zero-order chi connectivity index (χ0) is 63.5. The van der Waals surface area contributed by atoms with Gasteiger partial charge in [-0.1, -0.05) is 223 Å². The molecule has 0 radical (unpaired) electrons. The maximum Gasteiger partial charge on any atom is 0.261 e. The first-order chi connectivity index (χ1) is 43.0. The van der Waals surface area contributed by atoms with Crippen LogP contribution in [0.15, 0.2) is 146 Å². The number of methoxy groups -OCH3 is 1. The largest absolute Gasteiger partial charge is 0.410 e. The standard InChI is InChI=1S/C77H104O11Si2/c1-49(2)89(50(3)4,51(5)6)88-69-42-66-67(85-75(69,14)48-82-90(74(11,12)13,63-30-18-16-19-31-63)64-32-20-17-21-33-64)39-52(7)38-65-68(83-66)44-77(78-15)73(84-65)54(9)70(80-46-57-35-37-59-27-23-25-29-61(59)41-57)72-71(86-77)53(8)55(10)76(87-72)43-62(47-81-76)79-45-56-34-36-58-26-22-24-28-60(58)40-56/h16-37,40-41,49-55,62,65-73H,38-39,42-48H2,1-15H3/t52-,53+,54+,55+,62+,65+,66+,67-,68-,69-,70+,71-,72+,73-,75+,76-,77+/m1/s1. The lowest BCUT2D eigenvalue weighted by atomic mass is 9.75. The second-order valence-corrected chi connectivity index (χ2v) is 40.0. The molecule has 0 unspecified atom stereocenters. The number of hydrogen-bond donors (Lipinski definition) is 0. The lowest BCUT2D eigenvalue weighted by Crippen LogP contribution is -2.70. The predicted octanol–water partition coefficient (Wildman–Crippen LogP) is 15.7. The number of rotatable bonds is 17. The number of fused-ring (bicyclic) bond motifs is 6. The lowest BCUT2D eigenvalue weighted by molar-refractivity contribution is -0.387. The van der Waals surface area contributed by atoms with Crippen molar-refractivity contribution in [1.29, 1.82) is 0 Å². The van der Waals surface area contributed by atoms with E-state index in [4.69, 9.17) is 51.5 Å². The van der Waals surface area contributed by atoms with E-state index < -0.39 is 58.2 Å². The van der Waals surface area contributed by atoms with Crippen molar-refractivity contribution in [2.75, 3.05) is 20.3 Å². The van der Waals surface area contributed by atoms with Crippen LogP contribution in [-0.2, 0) is 64.7 Å². The third kappa shape index (κ3) is 12.2. The number of hydrogen-bond acceptors (Lipinski definition) is 11. The van der Waals surface area contributed by atoms with E-state index in [1.807, 2.05) is 0 Å². The molecule has 6 saturated heterocycles. The Morgan fingerprint density at radius 2 is 1.11 bits per heavy atom. The summed E-state index contributed by atoms with van der Waals surface area (Å²) in [5, 5.41) is 7.06. The van der Waals surface area contributed by atoms with E-state index in [-0.39, 0.29) is 65.3 Å². The molecular weight excluding hydrogens is 1160 g/mol. The quantitative estimate of drug-likeness (QED) is 0.0816. The Balaban J connectivity index is 0.862. The maximum absolute atomic E-state index is 8.09. The molecule has 6 fully saturated rings. The minimum atomic E-state index is -3.00. The highest BCUT2D eigenvalue weighted by Crippen LogP contribution is 2.55. The van der Waals surface area contributed by atoms with Crippen molar-refractivity contribution in [3.63, 3.8) is 0 Å². The molecule has 0 saturated carbocycles. The van der Waals surface area contributed by atoms with Gasteiger partial charge in [0.15, 0.2) is 11.6 Å². The summed E-state index contributed by atoms with van der Waals surface area (Å²) in [4.78, 5) is 0. The van der Waals surface area contributed by atoms with Gasteiger partial charge in [0, 0.05) is 38.2 Å². The van der Waals surface area contributed by atoms with Crippen LogP contribution in [0, 0.1) is 23.7 Å². The molecule has 90 heavy (non-hydrogen) atoms. The molecule has 12 rings (SSSR count). The Labute approximate surface area is 540 Å². The molecule has 0 N–H and O–H groups in total. The third-order valence-electron chi connectivity index (χ3n) is 22.5. The topological polar surface area (TPSA) is 102 Å². The summed E-state index contributed by atoms with van der Waals surface area (Å²) in [6.07, 6.45) is -0.404. The monoisotopic (exact) mass is 1260 g/mol. The van der Waals surface area contributed by atoms with Crippen LogP contribution in [0.2, 0.25) is 21.7 Å². The molecule has 486 valence electrons. The molecule has 17 atom stereocenters. The summed E-state index contributed by atoms with van der Waals surface area (Å²) < 4.78 is 82.8. The Morgan fingerprint density at radius 3 is 1.68 bits per heavy atom. The van der Waals surface area contributed by atoms with Gasteiger partial charge in [0.1, 0.15) is 17.8 Å².